The van der Waals surface area contributed by atoms with E-state index in [0.29, 0.717) is 30.3 Å². The Morgan fingerprint density at radius 2 is 1.92 bits per heavy atom. The summed E-state index contributed by atoms with van der Waals surface area (Å²) in [7, 11) is -3.06. The van der Waals surface area contributed by atoms with E-state index in [0.717, 1.165) is 0 Å². The lowest BCUT2D eigenvalue weighted by atomic mass is 10.2. The minimum absolute atomic E-state index is 0.0650. The van der Waals surface area contributed by atoms with Crippen molar-refractivity contribution in [3.63, 3.8) is 0 Å². The second-order valence-electron chi connectivity index (χ2n) is 6.47. The molecule has 1 saturated heterocycles. The van der Waals surface area contributed by atoms with E-state index in [9.17, 15) is 18.0 Å². The Hall–Kier alpha value is -2.09. The van der Waals surface area contributed by atoms with Crippen LogP contribution in [0.3, 0.4) is 0 Å². The van der Waals surface area contributed by atoms with Gasteiger partial charge in [0.2, 0.25) is 0 Å². The van der Waals surface area contributed by atoms with Crippen molar-refractivity contribution in [3.8, 4) is 5.75 Å². The first-order valence-corrected chi connectivity index (χ1v) is 9.97. The van der Waals surface area contributed by atoms with E-state index in [1.807, 2.05) is 13.8 Å². The smallest absolute Gasteiger partial charge is 0.338 e. The van der Waals surface area contributed by atoms with Gasteiger partial charge in [-0.05, 0) is 36.6 Å². The SMILES string of the molecule is CC(C)COc1ccc(C(=O)OCC(=O)N[C@H]2CCS(=O)(=O)C2)cc1. The van der Waals surface area contributed by atoms with Crippen LogP contribution in [0.2, 0.25) is 0 Å². The third-order valence-electron chi connectivity index (χ3n) is 3.61. The van der Waals surface area contributed by atoms with Crippen LogP contribution >= 0.6 is 0 Å². The Morgan fingerprint density at radius 1 is 1.24 bits per heavy atom. The molecule has 1 aliphatic rings. The number of carbonyl (C=O) groups excluding carboxylic acids is 2. The first-order chi connectivity index (χ1) is 11.7. The number of amides is 1. The third-order valence-corrected chi connectivity index (χ3v) is 5.37. The van der Waals surface area contributed by atoms with Gasteiger partial charge in [-0.25, -0.2) is 13.2 Å². The maximum atomic E-state index is 11.9. The van der Waals surface area contributed by atoms with Crippen molar-refractivity contribution in [2.75, 3.05) is 24.7 Å². The Bertz CT molecular complexity index is 711. The molecule has 2 rings (SSSR count). The highest BCUT2D eigenvalue weighted by Gasteiger charge is 2.29. The van der Waals surface area contributed by atoms with Crippen molar-refractivity contribution in [1.29, 1.82) is 0 Å². The highest BCUT2D eigenvalue weighted by atomic mass is 32.2. The summed E-state index contributed by atoms with van der Waals surface area (Å²) in [5.41, 5.74) is 0.313. The van der Waals surface area contributed by atoms with Crippen molar-refractivity contribution >= 4 is 21.7 Å². The molecule has 1 aliphatic heterocycles. The second kappa shape index (κ2) is 8.33. The maximum absolute atomic E-state index is 11.9. The summed E-state index contributed by atoms with van der Waals surface area (Å²) < 4.78 is 33.2. The molecule has 1 fully saturated rings. The fraction of sp³-hybridized carbons (Fsp3) is 0.529. The molecule has 1 atom stereocenters. The van der Waals surface area contributed by atoms with Crippen LogP contribution in [0.1, 0.15) is 30.6 Å². The van der Waals surface area contributed by atoms with Crippen LogP contribution in [0.15, 0.2) is 24.3 Å². The van der Waals surface area contributed by atoms with E-state index in [2.05, 4.69) is 5.32 Å². The van der Waals surface area contributed by atoms with E-state index in [-0.39, 0.29) is 11.5 Å². The Labute approximate surface area is 147 Å². The molecule has 0 bridgehead atoms. The van der Waals surface area contributed by atoms with Crippen LogP contribution in [-0.4, -0.2) is 51.1 Å². The minimum atomic E-state index is -3.06. The predicted octanol–water partition coefficient (Wildman–Crippen LogP) is 1.18. The number of ether oxygens (including phenoxy) is 2. The average Bonchev–Trinajstić information content (AvgIpc) is 2.89. The van der Waals surface area contributed by atoms with E-state index in [1.54, 1.807) is 24.3 Å². The van der Waals surface area contributed by atoms with Crippen molar-refractivity contribution in [2.45, 2.75) is 26.3 Å². The molecule has 7 nitrogen and oxygen atoms in total. The van der Waals surface area contributed by atoms with Gasteiger partial charge < -0.3 is 14.8 Å². The summed E-state index contributed by atoms with van der Waals surface area (Å²) >= 11 is 0. The lowest BCUT2D eigenvalue weighted by Gasteiger charge is -2.11. The number of hydrogen-bond donors (Lipinski definition) is 1. The van der Waals surface area contributed by atoms with Crippen LogP contribution in [-0.2, 0) is 19.4 Å². The zero-order valence-electron chi connectivity index (χ0n) is 14.4. The molecule has 1 aromatic carbocycles. The van der Waals surface area contributed by atoms with Crippen LogP contribution in [0.5, 0.6) is 5.75 Å². The van der Waals surface area contributed by atoms with Gasteiger partial charge in [-0.3, -0.25) is 4.79 Å². The summed E-state index contributed by atoms with van der Waals surface area (Å²) in [5, 5.41) is 2.56. The fourth-order valence-electron chi connectivity index (χ4n) is 2.34. The zero-order valence-corrected chi connectivity index (χ0v) is 15.2. The Balaban J connectivity index is 1.77. The third kappa shape index (κ3) is 6.38. The minimum Gasteiger partial charge on any atom is -0.493 e. The van der Waals surface area contributed by atoms with Crippen molar-refractivity contribution < 1.29 is 27.5 Å². The molecule has 0 aromatic heterocycles. The monoisotopic (exact) mass is 369 g/mol. The molecule has 0 aliphatic carbocycles. The molecule has 1 amide bonds. The van der Waals surface area contributed by atoms with Gasteiger partial charge in [0.15, 0.2) is 16.4 Å². The molecule has 1 N–H and O–H groups in total. The molecular formula is C17H23NO6S. The summed E-state index contributed by atoms with van der Waals surface area (Å²) in [6, 6.07) is 6.07. The fourth-order valence-corrected chi connectivity index (χ4v) is 4.02. The van der Waals surface area contributed by atoms with Gasteiger partial charge in [0, 0.05) is 6.04 Å². The molecule has 0 saturated carbocycles. The molecule has 8 heteroatoms. The molecule has 0 radical (unpaired) electrons. The van der Waals surface area contributed by atoms with E-state index >= 15 is 0 Å². The lowest BCUT2D eigenvalue weighted by Crippen LogP contribution is -2.38. The highest BCUT2D eigenvalue weighted by molar-refractivity contribution is 7.91. The van der Waals surface area contributed by atoms with E-state index < -0.39 is 34.4 Å². The topological polar surface area (TPSA) is 98.8 Å². The van der Waals surface area contributed by atoms with Crippen LogP contribution < -0.4 is 10.1 Å². The lowest BCUT2D eigenvalue weighted by molar-refractivity contribution is -0.124. The van der Waals surface area contributed by atoms with Gasteiger partial charge in [-0.2, -0.15) is 0 Å². The highest BCUT2D eigenvalue weighted by Crippen LogP contribution is 2.14. The number of benzene rings is 1. The second-order valence-corrected chi connectivity index (χ2v) is 8.70. The average molecular weight is 369 g/mol. The van der Waals surface area contributed by atoms with Gasteiger partial charge in [0.1, 0.15) is 5.75 Å². The number of hydrogen-bond acceptors (Lipinski definition) is 6. The summed E-state index contributed by atoms with van der Waals surface area (Å²) in [4.78, 5) is 23.7. The normalized spacial score (nSPS) is 18.8. The molecule has 1 heterocycles. The number of nitrogens with one attached hydrogen (secondary N) is 1. The van der Waals surface area contributed by atoms with Gasteiger partial charge >= 0.3 is 5.97 Å². The van der Waals surface area contributed by atoms with Gasteiger partial charge in [-0.15, -0.1) is 0 Å². The van der Waals surface area contributed by atoms with Crippen molar-refractivity contribution in [2.24, 2.45) is 5.92 Å². The van der Waals surface area contributed by atoms with E-state index in [1.165, 1.54) is 0 Å². The molecular weight excluding hydrogens is 346 g/mol. The quantitative estimate of drug-likeness (QED) is 0.725. The molecule has 0 spiro atoms. The number of rotatable bonds is 7. The first-order valence-electron chi connectivity index (χ1n) is 8.15. The van der Waals surface area contributed by atoms with Crippen LogP contribution in [0.4, 0.5) is 0 Å². The summed E-state index contributed by atoms with van der Waals surface area (Å²) in [6.45, 7) is 4.22. The largest absolute Gasteiger partial charge is 0.493 e. The summed E-state index contributed by atoms with van der Waals surface area (Å²) in [6.07, 6.45) is 0.389. The predicted molar refractivity (Wildman–Crippen MR) is 92.3 cm³/mol. The number of carbonyl (C=O) groups is 2. The number of sulfone groups is 1. The molecule has 1 aromatic rings. The Morgan fingerprint density at radius 3 is 2.48 bits per heavy atom. The van der Waals surface area contributed by atoms with Crippen molar-refractivity contribution in [1.82, 2.24) is 5.32 Å². The Kier molecular flexibility index (Phi) is 6.41. The zero-order chi connectivity index (χ0) is 18.4. The van der Waals surface area contributed by atoms with Crippen LogP contribution in [0, 0.1) is 5.92 Å². The maximum Gasteiger partial charge on any atom is 0.338 e. The standard InChI is InChI=1S/C17H23NO6S/c1-12(2)9-23-15-5-3-13(4-6-15)17(20)24-10-16(19)18-14-7-8-25(21,22)11-14/h3-6,12,14H,7-11H2,1-2H3,(H,18,19)/t14-/m0/s1. The summed E-state index contributed by atoms with van der Waals surface area (Å²) in [5.74, 6) is -0.0617. The van der Waals surface area contributed by atoms with Gasteiger partial charge in [0.05, 0.1) is 23.7 Å². The number of esters is 1. The first kappa shape index (κ1) is 19.2. The molecule has 138 valence electrons. The van der Waals surface area contributed by atoms with Gasteiger partial charge in [-0.1, -0.05) is 13.8 Å². The molecule has 0 unspecified atom stereocenters. The van der Waals surface area contributed by atoms with Crippen LogP contribution in [0.25, 0.3) is 0 Å². The van der Waals surface area contributed by atoms with Gasteiger partial charge in [0.25, 0.3) is 5.91 Å². The van der Waals surface area contributed by atoms with E-state index in [4.69, 9.17) is 9.47 Å². The molecule has 25 heavy (non-hydrogen) atoms. The van der Waals surface area contributed by atoms with Crippen molar-refractivity contribution in [3.05, 3.63) is 29.8 Å².